The third kappa shape index (κ3) is 3.43. The fraction of sp³-hybridized carbons (Fsp3) is 0.300. The Morgan fingerprint density at radius 3 is 2.50 bits per heavy atom. The summed E-state index contributed by atoms with van der Waals surface area (Å²) in [5.41, 5.74) is 0. The van der Waals surface area contributed by atoms with Crippen molar-refractivity contribution in [3.05, 3.63) is 36.9 Å². The molecule has 0 saturated heterocycles. The zero-order valence-corrected chi connectivity index (χ0v) is 11.8. The summed E-state index contributed by atoms with van der Waals surface area (Å²) in [4.78, 5) is 8.68. The predicted molar refractivity (Wildman–Crippen MR) is 71.6 cm³/mol. The molecule has 6 heteroatoms. The lowest BCUT2D eigenvalue weighted by atomic mass is 10.4. The molecule has 86 valence electrons. The summed E-state index contributed by atoms with van der Waals surface area (Å²) in [7, 11) is 2.07. The number of thiazole rings is 1. The molecule has 0 atom stereocenters. The van der Waals surface area contributed by atoms with Crippen molar-refractivity contribution in [2.24, 2.45) is 0 Å². The second-order valence-electron chi connectivity index (χ2n) is 3.46. The standard InChI is InChI=1S/C10H10Cl2N2S2/c1-14(5-7-2-3-9(11)15-7)6-8-4-13-10(12)16-8/h2-4H,5-6H2,1H3. The zero-order chi connectivity index (χ0) is 11.5. The molecule has 2 aromatic rings. The lowest BCUT2D eigenvalue weighted by Crippen LogP contribution is -2.15. The van der Waals surface area contributed by atoms with Gasteiger partial charge in [0.05, 0.1) is 4.34 Å². The monoisotopic (exact) mass is 292 g/mol. The quantitative estimate of drug-likeness (QED) is 0.842. The molecule has 0 bridgehead atoms. The second kappa shape index (κ2) is 5.47. The lowest BCUT2D eigenvalue weighted by molar-refractivity contribution is 0.325. The normalized spacial score (nSPS) is 11.2. The summed E-state index contributed by atoms with van der Waals surface area (Å²) < 4.78 is 1.44. The summed E-state index contributed by atoms with van der Waals surface area (Å²) in [6.07, 6.45) is 1.82. The number of thiophene rings is 1. The van der Waals surface area contributed by atoms with Crippen molar-refractivity contribution in [3.8, 4) is 0 Å². The molecule has 0 radical (unpaired) electrons. The maximum absolute atomic E-state index is 5.88. The summed E-state index contributed by atoms with van der Waals surface area (Å²) in [5, 5.41) is 0. The molecule has 16 heavy (non-hydrogen) atoms. The minimum absolute atomic E-state index is 0.600. The minimum atomic E-state index is 0.600. The van der Waals surface area contributed by atoms with Crippen molar-refractivity contribution in [2.75, 3.05) is 7.05 Å². The van der Waals surface area contributed by atoms with Crippen LogP contribution in [0.2, 0.25) is 8.80 Å². The van der Waals surface area contributed by atoms with Gasteiger partial charge in [-0.25, -0.2) is 4.98 Å². The van der Waals surface area contributed by atoms with Crippen LogP contribution in [0.5, 0.6) is 0 Å². The Kier molecular flexibility index (Phi) is 4.21. The molecular formula is C10H10Cl2N2S2. The molecule has 0 aliphatic carbocycles. The van der Waals surface area contributed by atoms with E-state index >= 15 is 0 Å². The largest absolute Gasteiger partial charge is 0.296 e. The summed E-state index contributed by atoms with van der Waals surface area (Å²) in [6.45, 7) is 1.76. The Morgan fingerprint density at radius 1 is 1.19 bits per heavy atom. The molecule has 0 amide bonds. The van der Waals surface area contributed by atoms with Crippen molar-refractivity contribution in [3.63, 3.8) is 0 Å². The Labute approximate surface area is 112 Å². The van der Waals surface area contributed by atoms with Crippen LogP contribution in [0.25, 0.3) is 0 Å². The van der Waals surface area contributed by atoms with Crippen LogP contribution in [0.4, 0.5) is 0 Å². The van der Waals surface area contributed by atoms with Gasteiger partial charge in [0, 0.05) is 29.0 Å². The van der Waals surface area contributed by atoms with E-state index in [1.807, 2.05) is 12.3 Å². The van der Waals surface area contributed by atoms with Gasteiger partial charge in [-0.1, -0.05) is 23.2 Å². The third-order valence-corrected chi connectivity index (χ3v) is 4.32. The van der Waals surface area contributed by atoms with Crippen molar-refractivity contribution < 1.29 is 0 Å². The van der Waals surface area contributed by atoms with E-state index in [0.29, 0.717) is 4.47 Å². The molecule has 2 nitrogen and oxygen atoms in total. The summed E-state index contributed by atoms with van der Waals surface area (Å²) in [5.74, 6) is 0. The van der Waals surface area contributed by atoms with E-state index < -0.39 is 0 Å². The molecule has 0 aliphatic rings. The van der Waals surface area contributed by atoms with Gasteiger partial charge in [-0.05, 0) is 19.2 Å². The van der Waals surface area contributed by atoms with E-state index in [4.69, 9.17) is 23.2 Å². The van der Waals surface area contributed by atoms with Crippen LogP contribution in [0, 0.1) is 0 Å². The molecule has 2 aromatic heterocycles. The Bertz CT molecular complexity index is 425. The number of nitrogens with zero attached hydrogens (tertiary/aromatic N) is 2. The number of hydrogen-bond acceptors (Lipinski definition) is 4. The zero-order valence-electron chi connectivity index (χ0n) is 8.61. The van der Waals surface area contributed by atoms with Gasteiger partial charge >= 0.3 is 0 Å². The maximum atomic E-state index is 5.88. The minimum Gasteiger partial charge on any atom is -0.296 e. The van der Waals surface area contributed by atoms with Crippen LogP contribution in [0.1, 0.15) is 9.75 Å². The highest BCUT2D eigenvalue weighted by atomic mass is 35.5. The number of rotatable bonds is 4. The second-order valence-corrected chi connectivity index (χ2v) is 6.95. The first-order chi connectivity index (χ1) is 7.63. The molecule has 0 aliphatic heterocycles. The molecular weight excluding hydrogens is 283 g/mol. The maximum Gasteiger partial charge on any atom is 0.183 e. The van der Waals surface area contributed by atoms with Crippen LogP contribution in [-0.4, -0.2) is 16.9 Å². The van der Waals surface area contributed by atoms with Crippen molar-refractivity contribution >= 4 is 45.9 Å². The highest BCUT2D eigenvalue weighted by Gasteiger charge is 2.06. The Balaban J connectivity index is 1.91. The van der Waals surface area contributed by atoms with E-state index in [9.17, 15) is 0 Å². The molecule has 2 rings (SSSR count). The van der Waals surface area contributed by atoms with Gasteiger partial charge in [0.25, 0.3) is 0 Å². The van der Waals surface area contributed by atoms with Crippen molar-refractivity contribution in [2.45, 2.75) is 13.1 Å². The van der Waals surface area contributed by atoms with Crippen molar-refractivity contribution in [1.29, 1.82) is 0 Å². The molecule has 0 aromatic carbocycles. The molecule has 0 N–H and O–H groups in total. The topological polar surface area (TPSA) is 16.1 Å². The van der Waals surface area contributed by atoms with Crippen LogP contribution >= 0.6 is 45.9 Å². The van der Waals surface area contributed by atoms with Gasteiger partial charge in [-0.2, -0.15) is 0 Å². The first-order valence-corrected chi connectivity index (χ1v) is 7.05. The number of halogens is 2. The average molecular weight is 293 g/mol. The smallest absolute Gasteiger partial charge is 0.183 e. The van der Waals surface area contributed by atoms with Crippen LogP contribution in [0.3, 0.4) is 0 Å². The molecule has 0 spiro atoms. The molecule has 0 fully saturated rings. The van der Waals surface area contributed by atoms with Gasteiger partial charge in [0.2, 0.25) is 0 Å². The highest BCUT2D eigenvalue weighted by molar-refractivity contribution is 7.16. The van der Waals surface area contributed by atoms with E-state index in [-0.39, 0.29) is 0 Å². The SMILES string of the molecule is CN(Cc1ccc(Cl)s1)Cc1cnc(Cl)s1. The fourth-order valence-corrected chi connectivity index (χ4v) is 3.61. The third-order valence-electron chi connectivity index (χ3n) is 2.01. The Morgan fingerprint density at radius 2 is 1.94 bits per heavy atom. The lowest BCUT2D eigenvalue weighted by Gasteiger charge is -2.13. The van der Waals surface area contributed by atoms with Gasteiger partial charge in [-0.15, -0.1) is 22.7 Å². The van der Waals surface area contributed by atoms with E-state index in [1.54, 1.807) is 11.3 Å². The van der Waals surface area contributed by atoms with Crippen LogP contribution in [0.15, 0.2) is 18.3 Å². The molecule has 0 saturated carbocycles. The van der Waals surface area contributed by atoms with E-state index in [0.717, 1.165) is 17.4 Å². The fourth-order valence-electron chi connectivity index (χ4n) is 1.38. The number of hydrogen-bond donors (Lipinski definition) is 0. The first kappa shape index (κ1) is 12.3. The van der Waals surface area contributed by atoms with Gasteiger partial charge in [-0.3, -0.25) is 4.90 Å². The Hall–Kier alpha value is -0.130. The summed E-state index contributed by atoms with van der Waals surface area (Å²) >= 11 is 14.8. The predicted octanol–water partition coefficient (Wildman–Crippen LogP) is 4.14. The molecule has 2 heterocycles. The van der Waals surface area contributed by atoms with Gasteiger partial charge in [0.15, 0.2) is 4.47 Å². The van der Waals surface area contributed by atoms with Crippen molar-refractivity contribution in [1.82, 2.24) is 9.88 Å². The first-order valence-electron chi connectivity index (χ1n) is 4.66. The summed E-state index contributed by atoms with van der Waals surface area (Å²) in [6, 6.07) is 3.99. The van der Waals surface area contributed by atoms with Gasteiger partial charge in [0.1, 0.15) is 0 Å². The number of aromatic nitrogens is 1. The van der Waals surface area contributed by atoms with E-state index in [2.05, 4.69) is 23.0 Å². The van der Waals surface area contributed by atoms with Crippen LogP contribution in [-0.2, 0) is 13.1 Å². The molecule has 0 unspecified atom stereocenters. The highest BCUT2D eigenvalue weighted by Crippen LogP contribution is 2.24. The average Bonchev–Trinajstić information content (AvgIpc) is 2.76. The van der Waals surface area contributed by atoms with Crippen LogP contribution < -0.4 is 0 Å². The van der Waals surface area contributed by atoms with E-state index in [1.165, 1.54) is 21.1 Å². The van der Waals surface area contributed by atoms with Gasteiger partial charge < -0.3 is 0 Å².